The van der Waals surface area contributed by atoms with Gasteiger partial charge in [0, 0.05) is 22.7 Å². The molecule has 0 aliphatic carbocycles. The molecule has 0 atom stereocenters. The monoisotopic (exact) mass is 392 g/mol. The average molecular weight is 392 g/mol. The van der Waals surface area contributed by atoms with Crippen LogP contribution >= 0.6 is 0 Å². The summed E-state index contributed by atoms with van der Waals surface area (Å²) >= 11 is 0. The molecule has 4 aromatic rings. The number of anilines is 1. The van der Waals surface area contributed by atoms with Crippen LogP contribution < -0.4 is 20.3 Å². The summed E-state index contributed by atoms with van der Waals surface area (Å²) in [7, 11) is 3.06. The highest BCUT2D eigenvalue weighted by Crippen LogP contribution is 2.29. The number of nitrogens with zero attached hydrogens (tertiary/aromatic N) is 2. The number of hydrogen-bond acceptors (Lipinski definition) is 5. The van der Waals surface area contributed by atoms with Crippen LogP contribution in [0.1, 0.15) is 5.56 Å². The summed E-state index contributed by atoms with van der Waals surface area (Å²) in [6, 6.07) is 10.9. The summed E-state index contributed by atoms with van der Waals surface area (Å²) in [5, 5.41) is 3.64. The molecule has 0 saturated carbocycles. The van der Waals surface area contributed by atoms with E-state index in [1.54, 1.807) is 18.2 Å². The first kappa shape index (κ1) is 18.5. The van der Waals surface area contributed by atoms with Gasteiger partial charge >= 0.3 is 0 Å². The van der Waals surface area contributed by atoms with Crippen molar-refractivity contribution in [2.24, 2.45) is 0 Å². The topological polar surface area (TPSA) is 98.2 Å². The van der Waals surface area contributed by atoms with Gasteiger partial charge in [-0.15, -0.1) is 0 Å². The SMILES string of the molecule is COc1ccc(NC(=O)Cn2cnc3c([nH]c4ccc(C)cc43)c2=O)cc1OC. The van der Waals surface area contributed by atoms with E-state index in [2.05, 4.69) is 15.3 Å². The van der Waals surface area contributed by atoms with E-state index in [9.17, 15) is 9.59 Å². The highest BCUT2D eigenvalue weighted by Gasteiger charge is 2.13. The Morgan fingerprint density at radius 2 is 1.93 bits per heavy atom. The minimum absolute atomic E-state index is 0.162. The first-order chi connectivity index (χ1) is 14.0. The van der Waals surface area contributed by atoms with E-state index in [0.29, 0.717) is 28.2 Å². The average Bonchev–Trinajstić information content (AvgIpc) is 3.08. The van der Waals surface area contributed by atoms with Gasteiger partial charge in [-0.3, -0.25) is 14.2 Å². The van der Waals surface area contributed by atoms with Crippen molar-refractivity contribution in [3.05, 3.63) is 58.6 Å². The second-order valence-corrected chi connectivity index (χ2v) is 6.69. The standard InChI is InChI=1S/C21H20N4O4/c1-12-4-6-15-14(8-12)19-20(24-15)21(27)25(11-22-19)10-18(26)23-13-5-7-16(28-2)17(9-13)29-3/h4-9,11,24H,10H2,1-3H3,(H,23,26). The Labute approximate surface area is 166 Å². The highest BCUT2D eigenvalue weighted by atomic mass is 16.5. The minimum atomic E-state index is -0.354. The fourth-order valence-corrected chi connectivity index (χ4v) is 3.29. The number of fused-ring (bicyclic) bond motifs is 3. The van der Waals surface area contributed by atoms with E-state index in [1.807, 2.05) is 25.1 Å². The molecule has 2 aromatic carbocycles. The number of H-pyrrole nitrogens is 1. The van der Waals surface area contributed by atoms with E-state index in [-0.39, 0.29) is 18.0 Å². The van der Waals surface area contributed by atoms with Crippen LogP contribution in [0.25, 0.3) is 21.9 Å². The quantitative estimate of drug-likeness (QED) is 0.544. The van der Waals surface area contributed by atoms with Crippen LogP contribution in [-0.2, 0) is 11.3 Å². The molecule has 0 aliphatic rings. The number of nitrogens with one attached hydrogen (secondary N) is 2. The lowest BCUT2D eigenvalue weighted by Gasteiger charge is -2.11. The van der Waals surface area contributed by atoms with Crippen molar-refractivity contribution in [3.63, 3.8) is 0 Å². The van der Waals surface area contributed by atoms with Crippen molar-refractivity contribution in [3.8, 4) is 11.5 Å². The van der Waals surface area contributed by atoms with Gasteiger partial charge < -0.3 is 19.8 Å². The smallest absolute Gasteiger partial charge is 0.278 e. The summed E-state index contributed by atoms with van der Waals surface area (Å²) in [5.41, 5.74) is 3.14. The van der Waals surface area contributed by atoms with Crippen molar-refractivity contribution in [2.75, 3.05) is 19.5 Å². The number of hydrogen-bond donors (Lipinski definition) is 2. The van der Waals surface area contributed by atoms with Crippen LogP contribution in [0.4, 0.5) is 5.69 Å². The molecule has 2 N–H and O–H groups in total. The molecule has 0 spiro atoms. The van der Waals surface area contributed by atoms with Gasteiger partial charge in [0.05, 0.1) is 20.5 Å². The number of aromatic amines is 1. The maximum atomic E-state index is 12.8. The summed E-state index contributed by atoms with van der Waals surface area (Å²) in [4.78, 5) is 32.8. The fourth-order valence-electron chi connectivity index (χ4n) is 3.29. The molecule has 0 aliphatic heterocycles. The molecular formula is C21H20N4O4. The molecular weight excluding hydrogens is 372 g/mol. The third kappa shape index (κ3) is 3.40. The second-order valence-electron chi connectivity index (χ2n) is 6.69. The number of aromatic nitrogens is 3. The summed E-state index contributed by atoms with van der Waals surface area (Å²) < 4.78 is 11.7. The third-order valence-electron chi connectivity index (χ3n) is 4.71. The Balaban J connectivity index is 1.60. The van der Waals surface area contributed by atoms with Gasteiger partial charge in [-0.05, 0) is 31.2 Å². The number of benzene rings is 2. The molecule has 0 saturated heterocycles. The van der Waals surface area contributed by atoms with Crippen LogP contribution in [0, 0.1) is 6.92 Å². The molecule has 1 amide bonds. The van der Waals surface area contributed by atoms with Crippen molar-refractivity contribution in [1.29, 1.82) is 0 Å². The number of ether oxygens (including phenoxy) is 2. The van der Waals surface area contributed by atoms with Crippen molar-refractivity contribution >= 4 is 33.5 Å². The lowest BCUT2D eigenvalue weighted by atomic mass is 10.2. The minimum Gasteiger partial charge on any atom is -0.493 e. The lowest BCUT2D eigenvalue weighted by molar-refractivity contribution is -0.116. The summed E-state index contributed by atoms with van der Waals surface area (Å²) in [6.45, 7) is 1.82. The van der Waals surface area contributed by atoms with Crippen LogP contribution in [0.5, 0.6) is 11.5 Å². The number of rotatable bonds is 5. The van der Waals surface area contributed by atoms with Crippen LogP contribution in [-0.4, -0.2) is 34.7 Å². The molecule has 0 bridgehead atoms. The number of carbonyl (C=O) groups is 1. The number of aryl methyl sites for hydroxylation is 1. The first-order valence-corrected chi connectivity index (χ1v) is 8.99. The van der Waals surface area contributed by atoms with Crippen molar-refractivity contribution in [2.45, 2.75) is 13.5 Å². The van der Waals surface area contributed by atoms with Crippen LogP contribution in [0.3, 0.4) is 0 Å². The van der Waals surface area contributed by atoms with Crippen LogP contribution in [0.2, 0.25) is 0 Å². The van der Waals surface area contributed by atoms with E-state index < -0.39 is 0 Å². The van der Waals surface area contributed by atoms with Gasteiger partial charge in [-0.2, -0.15) is 0 Å². The Bertz CT molecular complexity index is 1290. The third-order valence-corrected chi connectivity index (χ3v) is 4.71. The van der Waals surface area contributed by atoms with E-state index in [0.717, 1.165) is 16.5 Å². The fraction of sp³-hybridized carbons (Fsp3) is 0.190. The molecule has 2 aromatic heterocycles. The van der Waals surface area contributed by atoms with Crippen molar-refractivity contribution < 1.29 is 14.3 Å². The molecule has 0 fully saturated rings. The molecule has 148 valence electrons. The maximum Gasteiger partial charge on any atom is 0.278 e. The molecule has 2 heterocycles. The van der Waals surface area contributed by atoms with Gasteiger partial charge in [0.25, 0.3) is 5.56 Å². The highest BCUT2D eigenvalue weighted by molar-refractivity contribution is 6.04. The van der Waals surface area contributed by atoms with Crippen LogP contribution in [0.15, 0.2) is 47.5 Å². The lowest BCUT2D eigenvalue weighted by Crippen LogP contribution is -2.28. The largest absolute Gasteiger partial charge is 0.493 e. The summed E-state index contributed by atoms with van der Waals surface area (Å²) in [6.07, 6.45) is 1.40. The van der Waals surface area contributed by atoms with E-state index >= 15 is 0 Å². The van der Waals surface area contributed by atoms with Gasteiger partial charge in [0.2, 0.25) is 5.91 Å². The molecule has 4 rings (SSSR count). The Kier molecular flexibility index (Phi) is 4.67. The summed E-state index contributed by atoms with van der Waals surface area (Å²) in [5.74, 6) is 0.705. The predicted octanol–water partition coefficient (Wildman–Crippen LogP) is 2.84. The second kappa shape index (κ2) is 7.31. The predicted molar refractivity (Wildman–Crippen MR) is 111 cm³/mol. The van der Waals surface area contributed by atoms with E-state index in [1.165, 1.54) is 25.1 Å². The zero-order chi connectivity index (χ0) is 20.5. The number of amides is 1. The maximum absolute atomic E-state index is 12.8. The Hall–Kier alpha value is -3.81. The van der Waals surface area contributed by atoms with E-state index in [4.69, 9.17) is 9.47 Å². The van der Waals surface area contributed by atoms with Crippen molar-refractivity contribution in [1.82, 2.24) is 14.5 Å². The molecule has 0 radical (unpaired) electrons. The van der Waals surface area contributed by atoms with Gasteiger partial charge in [0.1, 0.15) is 17.6 Å². The zero-order valence-electron chi connectivity index (χ0n) is 16.3. The number of methoxy groups -OCH3 is 2. The molecule has 0 unspecified atom stereocenters. The first-order valence-electron chi connectivity index (χ1n) is 8.99. The zero-order valence-corrected chi connectivity index (χ0v) is 16.3. The Morgan fingerprint density at radius 1 is 1.14 bits per heavy atom. The Morgan fingerprint density at radius 3 is 2.69 bits per heavy atom. The van der Waals surface area contributed by atoms with Gasteiger partial charge in [0.15, 0.2) is 11.5 Å². The molecule has 8 heteroatoms. The van der Waals surface area contributed by atoms with Gasteiger partial charge in [-0.1, -0.05) is 11.6 Å². The normalized spacial score (nSPS) is 11.0. The molecule has 8 nitrogen and oxygen atoms in total. The molecule has 29 heavy (non-hydrogen) atoms. The van der Waals surface area contributed by atoms with Gasteiger partial charge in [-0.25, -0.2) is 4.98 Å². The number of carbonyl (C=O) groups excluding carboxylic acids is 1.